The second kappa shape index (κ2) is 3.59. The Balaban J connectivity index is 3.09. The molecule has 1 amide bonds. The van der Waals surface area contributed by atoms with E-state index in [4.69, 9.17) is 5.84 Å². The van der Waals surface area contributed by atoms with Crippen molar-refractivity contribution in [2.45, 2.75) is 0 Å². The van der Waals surface area contributed by atoms with Gasteiger partial charge in [0.05, 0.1) is 0 Å². The van der Waals surface area contributed by atoms with Gasteiger partial charge in [0.1, 0.15) is 0 Å². The molecule has 0 radical (unpaired) electrons. The van der Waals surface area contributed by atoms with Gasteiger partial charge in [0, 0.05) is 10.7 Å². The Bertz CT molecular complexity index is 318. The van der Waals surface area contributed by atoms with Crippen LogP contribution in [0, 0.1) is 5.82 Å². The molecule has 6 heteroatoms. The maximum Gasteiger partial charge on any atom is 0.286 e. The highest BCUT2D eigenvalue weighted by atomic mass is 79.9. The first-order valence-corrected chi connectivity index (χ1v) is 3.76. The number of hydrazine groups is 1. The molecule has 0 spiro atoms. The van der Waals surface area contributed by atoms with E-state index in [1.165, 1.54) is 6.20 Å². The summed E-state index contributed by atoms with van der Waals surface area (Å²) >= 11 is 3.00. The van der Waals surface area contributed by atoms with E-state index < -0.39 is 11.7 Å². The van der Waals surface area contributed by atoms with Crippen molar-refractivity contribution < 1.29 is 9.18 Å². The average molecular weight is 234 g/mol. The van der Waals surface area contributed by atoms with Gasteiger partial charge in [-0.25, -0.2) is 15.2 Å². The fourth-order valence-corrected chi connectivity index (χ4v) is 0.953. The number of halogens is 2. The Morgan fingerprint density at radius 3 is 2.92 bits per heavy atom. The van der Waals surface area contributed by atoms with Crippen LogP contribution in [0.2, 0.25) is 0 Å². The van der Waals surface area contributed by atoms with Gasteiger partial charge in [-0.2, -0.15) is 0 Å². The predicted octanol–water partition coefficient (Wildman–Crippen LogP) is 0.587. The minimum absolute atomic E-state index is 0.319. The van der Waals surface area contributed by atoms with Crippen molar-refractivity contribution in [1.82, 2.24) is 10.4 Å². The number of hydrogen-bond acceptors (Lipinski definition) is 3. The second-order valence-corrected chi connectivity index (χ2v) is 2.87. The van der Waals surface area contributed by atoms with Crippen molar-refractivity contribution in [2.24, 2.45) is 5.84 Å². The summed E-state index contributed by atoms with van der Waals surface area (Å²) in [5.41, 5.74) is 1.47. The van der Waals surface area contributed by atoms with E-state index in [1.54, 1.807) is 5.43 Å². The van der Waals surface area contributed by atoms with Crippen LogP contribution in [0.3, 0.4) is 0 Å². The number of carbonyl (C=O) groups excluding carboxylic acids is 1. The number of nitrogens with two attached hydrogens (primary N) is 1. The zero-order valence-electron chi connectivity index (χ0n) is 5.84. The van der Waals surface area contributed by atoms with Gasteiger partial charge in [-0.3, -0.25) is 10.2 Å². The molecule has 64 valence electrons. The quantitative estimate of drug-likeness (QED) is 0.424. The van der Waals surface area contributed by atoms with Crippen LogP contribution in [0.5, 0.6) is 0 Å². The molecular weight excluding hydrogens is 229 g/mol. The van der Waals surface area contributed by atoms with E-state index in [-0.39, 0.29) is 5.69 Å². The summed E-state index contributed by atoms with van der Waals surface area (Å²) in [5, 5.41) is 0. The molecule has 0 aliphatic heterocycles. The largest absolute Gasteiger partial charge is 0.289 e. The maximum atomic E-state index is 12.9. The lowest BCUT2D eigenvalue weighted by atomic mass is 10.3. The fraction of sp³-hybridized carbons (Fsp3) is 0. The highest BCUT2D eigenvalue weighted by Gasteiger charge is 2.11. The molecule has 1 aromatic rings. The van der Waals surface area contributed by atoms with Crippen molar-refractivity contribution in [2.75, 3.05) is 0 Å². The van der Waals surface area contributed by atoms with Gasteiger partial charge in [-0.05, 0) is 22.0 Å². The lowest BCUT2D eigenvalue weighted by molar-refractivity contribution is 0.0944. The SMILES string of the molecule is NNC(=O)c1ncc(Br)cc1F. The zero-order valence-corrected chi connectivity index (χ0v) is 7.43. The predicted molar refractivity (Wildman–Crippen MR) is 43.5 cm³/mol. The number of aromatic nitrogens is 1. The van der Waals surface area contributed by atoms with Gasteiger partial charge >= 0.3 is 0 Å². The maximum absolute atomic E-state index is 12.9. The molecule has 0 aromatic carbocycles. The van der Waals surface area contributed by atoms with Crippen molar-refractivity contribution >= 4 is 21.8 Å². The van der Waals surface area contributed by atoms with Crippen molar-refractivity contribution in [3.05, 3.63) is 28.2 Å². The number of nitrogen functional groups attached to an aromatic ring is 1. The summed E-state index contributed by atoms with van der Waals surface area (Å²) < 4.78 is 13.3. The van der Waals surface area contributed by atoms with Crippen molar-refractivity contribution in [3.63, 3.8) is 0 Å². The first-order valence-electron chi connectivity index (χ1n) is 2.97. The zero-order chi connectivity index (χ0) is 9.14. The molecule has 0 fully saturated rings. The molecule has 0 saturated heterocycles. The third-order valence-corrected chi connectivity index (χ3v) is 1.59. The Morgan fingerprint density at radius 1 is 1.75 bits per heavy atom. The molecule has 0 unspecified atom stereocenters. The van der Waals surface area contributed by atoms with Crippen LogP contribution in [0.1, 0.15) is 10.5 Å². The Hall–Kier alpha value is -1.01. The molecule has 0 bridgehead atoms. The molecule has 0 aliphatic carbocycles. The summed E-state index contributed by atoms with van der Waals surface area (Å²) in [6.07, 6.45) is 1.31. The van der Waals surface area contributed by atoms with Crippen LogP contribution < -0.4 is 11.3 Å². The van der Waals surface area contributed by atoms with E-state index in [2.05, 4.69) is 20.9 Å². The van der Waals surface area contributed by atoms with Crippen molar-refractivity contribution in [1.29, 1.82) is 0 Å². The summed E-state index contributed by atoms with van der Waals surface area (Å²) in [6.45, 7) is 0. The average Bonchev–Trinajstić information content (AvgIpc) is 2.03. The van der Waals surface area contributed by atoms with Crippen LogP contribution in [-0.2, 0) is 0 Å². The molecule has 1 aromatic heterocycles. The highest BCUT2D eigenvalue weighted by Crippen LogP contribution is 2.11. The van der Waals surface area contributed by atoms with E-state index in [9.17, 15) is 9.18 Å². The van der Waals surface area contributed by atoms with Gasteiger partial charge in [-0.15, -0.1) is 0 Å². The lowest BCUT2D eigenvalue weighted by Gasteiger charge is -1.99. The monoisotopic (exact) mass is 233 g/mol. The number of nitrogens with zero attached hydrogens (tertiary/aromatic N) is 1. The van der Waals surface area contributed by atoms with E-state index >= 15 is 0 Å². The van der Waals surface area contributed by atoms with Crippen LogP contribution in [0.25, 0.3) is 0 Å². The molecule has 0 atom stereocenters. The standard InChI is InChI=1S/C6H5BrFN3O/c7-3-1-4(8)5(10-2-3)6(12)11-9/h1-2H,9H2,(H,11,12). The summed E-state index contributed by atoms with van der Waals surface area (Å²) in [7, 11) is 0. The number of nitrogens with one attached hydrogen (secondary N) is 1. The molecule has 12 heavy (non-hydrogen) atoms. The van der Waals surface area contributed by atoms with E-state index in [0.29, 0.717) is 4.47 Å². The van der Waals surface area contributed by atoms with Crippen LogP contribution in [-0.4, -0.2) is 10.9 Å². The smallest absolute Gasteiger partial charge is 0.286 e. The molecule has 1 heterocycles. The topological polar surface area (TPSA) is 68.0 Å². The number of pyridine rings is 1. The van der Waals surface area contributed by atoms with E-state index in [1.807, 2.05) is 0 Å². The summed E-state index contributed by atoms with van der Waals surface area (Å²) in [6, 6.07) is 1.14. The number of rotatable bonds is 1. The number of amides is 1. The van der Waals surface area contributed by atoms with Crippen LogP contribution in [0.15, 0.2) is 16.7 Å². The summed E-state index contributed by atoms with van der Waals surface area (Å²) in [5.74, 6) is 3.33. The van der Waals surface area contributed by atoms with Gasteiger partial charge < -0.3 is 0 Å². The minimum Gasteiger partial charge on any atom is -0.289 e. The first-order chi connectivity index (χ1) is 5.65. The van der Waals surface area contributed by atoms with E-state index in [0.717, 1.165) is 6.07 Å². The Kier molecular flexibility index (Phi) is 2.72. The minimum atomic E-state index is -0.750. The van der Waals surface area contributed by atoms with Gasteiger partial charge in [-0.1, -0.05) is 0 Å². The van der Waals surface area contributed by atoms with Crippen LogP contribution in [0.4, 0.5) is 4.39 Å². The molecular formula is C6H5BrFN3O. The molecule has 3 N–H and O–H groups in total. The highest BCUT2D eigenvalue weighted by molar-refractivity contribution is 9.10. The normalized spacial score (nSPS) is 9.58. The lowest BCUT2D eigenvalue weighted by Crippen LogP contribution is -2.31. The van der Waals surface area contributed by atoms with Gasteiger partial charge in [0.15, 0.2) is 11.5 Å². The fourth-order valence-electron chi connectivity index (χ4n) is 0.650. The third-order valence-electron chi connectivity index (χ3n) is 1.15. The third kappa shape index (κ3) is 1.77. The van der Waals surface area contributed by atoms with Gasteiger partial charge in [0.2, 0.25) is 0 Å². The Labute approximate surface area is 76.1 Å². The number of carbonyl (C=O) groups is 1. The molecule has 0 saturated carbocycles. The molecule has 1 rings (SSSR count). The molecule has 0 aliphatic rings. The number of hydrogen-bond donors (Lipinski definition) is 2. The van der Waals surface area contributed by atoms with Crippen LogP contribution >= 0.6 is 15.9 Å². The first kappa shape index (κ1) is 9.08. The molecule has 4 nitrogen and oxygen atoms in total. The summed E-state index contributed by atoms with van der Waals surface area (Å²) in [4.78, 5) is 14.3. The second-order valence-electron chi connectivity index (χ2n) is 1.96. The van der Waals surface area contributed by atoms with Crippen molar-refractivity contribution in [3.8, 4) is 0 Å². The van der Waals surface area contributed by atoms with Gasteiger partial charge in [0.25, 0.3) is 5.91 Å². The Morgan fingerprint density at radius 2 is 2.42 bits per heavy atom.